The van der Waals surface area contributed by atoms with Gasteiger partial charge in [-0.3, -0.25) is 9.59 Å². The molecule has 1 fully saturated rings. The average molecular weight is 424 g/mol. The van der Waals surface area contributed by atoms with E-state index < -0.39 is 0 Å². The van der Waals surface area contributed by atoms with Crippen LogP contribution in [0, 0.1) is 5.92 Å². The van der Waals surface area contributed by atoms with E-state index in [2.05, 4.69) is 0 Å². The molecule has 0 saturated carbocycles. The predicted molar refractivity (Wildman–Crippen MR) is 116 cm³/mol. The summed E-state index contributed by atoms with van der Waals surface area (Å²) < 4.78 is 16.6. The molecule has 4 rings (SSSR count). The second-order valence-electron chi connectivity index (χ2n) is 7.83. The molecular formula is C24H28N2O5. The molecule has 2 aliphatic heterocycles. The molecule has 2 heterocycles. The van der Waals surface area contributed by atoms with Crippen molar-refractivity contribution in [3.05, 3.63) is 53.6 Å². The van der Waals surface area contributed by atoms with E-state index in [0.717, 1.165) is 11.3 Å². The molecule has 31 heavy (non-hydrogen) atoms. The van der Waals surface area contributed by atoms with E-state index in [-0.39, 0.29) is 23.8 Å². The van der Waals surface area contributed by atoms with Crippen LogP contribution >= 0.6 is 0 Å². The van der Waals surface area contributed by atoms with E-state index in [1.54, 1.807) is 38.5 Å². The van der Waals surface area contributed by atoms with Crippen LogP contribution in [0.15, 0.2) is 42.5 Å². The van der Waals surface area contributed by atoms with Gasteiger partial charge in [0.05, 0.1) is 26.9 Å². The number of carbonyl (C=O) groups is 2. The summed E-state index contributed by atoms with van der Waals surface area (Å²) in [5.41, 5.74) is 1.52. The monoisotopic (exact) mass is 424 g/mol. The highest BCUT2D eigenvalue weighted by Crippen LogP contribution is 2.42. The first-order valence-electron chi connectivity index (χ1n) is 10.6. The van der Waals surface area contributed by atoms with Gasteiger partial charge in [0.1, 0.15) is 17.2 Å². The Kier molecular flexibility index (Phi) is 6.02. The van der Waals surface area contributed by atoms with Crippen LogP contribution in [-0.2, 0) is 4.79 Å². The Morgan fingerprint density at radius 3 is 2.48 bits per heavy atom. The van der Waals surface area contributed by atoms with Crippen LogP contribution in [0.4, 0.5) is 0 Å². The Morgan fingerprint density at radius 1 is 1.10 bits per heavy atom. The Balaban J connectivity index is 1.75. The third-order valence-electron chi connectivity index (χ3n) is 6.13. The lowest BCUT2D eigenvalue weighted by Gasteiger charge is -2.44. The highest BCUT2D eigenvalue weighted by molar-refractivity contribution is 5.95. The maximum atomic E-state index is 13.6. The normalized spacial score (nSPS) is 20.7. The van der Waals surface area contributed by atoms with Crippen molar-refractivity contribution in [3.8, 4) is 17.2 Å². The van der Waals surface area contributed by atoms with Crippen LogP contribution in [0.3, 0.4) is 0 Å². The van der Waals surface area contributed by atoms with Crippen LogP contribution < -0.4 is 14.2 Å². The molecule has 2 aromatic rings. The minimum absolute atomic E-state index is 0.0210. The summed E-state index contributed by atoms with van der Waals surface area (Å²) >= 11 is 0. The molecule has 2 aliphatic rings. The molecule has 0 radical (unpaired) electrons. The number of hydrogen-bond acceptors (Lipinski definition) is 5. The number of methoxy groups -OCH3 is 2. The fourth-order valence-corrected chi connectivity index (χ4v) is 4.46. The molecule has 0 aliphatic carbocycles. The maximum absolute atomic E-state index is 13.6. The lowest BCUT2D eigenvalue weighted by atomic mass is 9.87. The zero-order valence-corrected chi connectivity index (χ0v) is 18.2. The summed E-state index contributed by atoms with van der Waals surface area (Å²) in [6, 6.07) is 12.6. The smallest absolute Gasteiger partial charge is 0.254 e. The van der Waals surface area contributed by atoms with Crippen LogP contribution in [-0.4, -0.2) is 62.1 Å². The highest BCUT2D eigenvalue weighted by atomic mass is 16.5. The molecule has 2 aromatic carbocycles. The molecule has 1 saturated heterocycles. The fourth-order valence-electron chi connectivity index (χ4n) is 4.46. The fraction of sp³-hybridized carbons (Fsp3) is 0.417. The predicted octanol–water partition coefficient (Wildman–Crippen LogP) is 3.15. The first-order valence-corrected chi connectivity index (χ1v) is 10.6. The number of fused-ring (bicyclic) bond motifs is 3. The van der Waals surface area contributed by atoms with E-state index >= 15 is 0 Å². The number of rotatable bonds is 4. The van der Waals surface area contributed by atoms with Gasteiger partial charge in [-0.05, 0) is 43.3 Å². The molecule has 0 bridgehead atoms. The zero-order valence-electron chi connectivity index (χ0n) is 18.2. The molecule has 164 valence electrons. The first-order chi connectivity index (χ1) is 15.0. The SMILES string of the molecule is CCN1C[C@H]2COc3cc(OC)ccc3[C@H]2N(C(=O)c2ccc(OC)cc2)CCC1=O. The largest absolute Gasteiger partial charge is 0.497 e. The Labute approximate surface area is 182 Å². The number of hydrogen-bond donors (Lipinski definition) is 0. The molecule has 7 nitrogen and oxygen atoms in total. The number of nitrogens with zero attached hydrogens (tertiary/aromatic N) is 2. The highest BCUT2D eigenvalue weighted by Gasteiger charge is 2.41. The van der Waals surface area contributed by atoms with E-state index in [1.165, 1.54) is 0 Å². The van der Waals surface area contributed by atoms with Crippen molar-refractivity contribution in [2.24, 2.45) is 5.92 Å². The maximum Gasteiger partial charge on any atom is 0.254 e. The molecule has 2 amide bonds. The summed E-state index contributed by atoms with van der Waals surface area (Å²) in [6.07, 6.45) is 0.297. The minimum atomic E-state index is -0.189. The zero-order chi connectivity index (χ0) is 22.0. The lowest BCUT2D eigenvalue weighted by Crippen LogP contribution is -2.51. The first kappa shape index (κ1) is 21.0. The van der Waals surface area contributed by atoms with Gasteiger partial charge in [0.2, 0.25) is 5.91 Å². The van der Waals surface area contributed by atoms with Crippen molar-refractivity contribution in [2.75, 3.05) is 40.5 Å². The molecule has 2 atom stereocenters. The molecule has 0 unspecified atom stereocenters. The standard InChI is InChI=1S/C24H28N2O5/c1-4-25-14-17-15-31-21-13-19(30-3)9-10-20(21)23(17)26(12-11-22(25)27)24(28)16-5-7-18(29-2)8-6-16/h5-10,13,17,23H,4,11-12,14-15H2,1-3H3/t17-,23-/m0/s1. The number of carbonyl (C=O) groups excluding carboxylic acids is 2. The third-order valence-corrected chi connectivity index (χ3v) is 6.13. The van der Waals surface area contributed by atoms with Crippen molar-refractivity contribution < 1.29 is 23.8 Å². The number of benzene rings is 2. The molecule has 0 N–H and O–H groups in total. The van der Waals surface area contributed by atoms with Gasteiger partial charge in [0.15, 0.2) is 0 Å². The Bertz CT molecular complexity index is 959. The van der Waals surface area contributed by atoms with Crippen molar-refractivity contribution in [3.63, 3.8) is 0 Å². The molecule has 0 spiro atoms. The second kappa shape index (κ2) is 8.88. The second-order valence-corrected chi connectivity index (χ2v) is 7.83. The van der Waals surface area contributed by atoms with Crippen molar-refractivity contribution in [1.82, 2.24) is 9.80 Å². The van der Waals surface area contributed by atoms with Crippen molar-refractivity contribution >= 4 is 11.8 Å². The van der Waals surface area contributed by atoms with Gasteiger partial charge in [0.25, 0.3) is 5.91 Å². The average Bonchev–Trinajstić information content (AvgIpc) is 2.81. The van der Waals surface area contributed by atoms with Crippen molar-refractivity contribution in [1.29, 1.82) is 0 Å². The van der Waals surface area contributed by atoms with Gasteiger partial charge in [-0.25, -0.2) is 0 Å². The summed E-state index contributed by atoms with van der Waals surface area (Å²) in [7, 11) is 3.21. The van der Waals surface area contributed by atoms with Gasteiger partial charge in [-0.2, -0.15) is 0 Å². The summed E-state index contributed by atoms with van der Waals surface area (Å²) in [5, 5.41) is 0. The lowest BCUT2D eigenvalue weighted by molar-refractivity contribution is -0.134. The van der Waals surface area contributed by atoms with Crippen LogP contribution in [0.2, 0.25) is 0 Å². The van der Waals surface area contributed by atoms with Crippen LogP contribution in [0.5, 0.6) is 17.2 Å². The molecule has 0 aromatic heterocycles. The van der Waals surface area contributed by atoms with E-state index in [0.29, 0.717) is 49.7 Å². The van der Waals surface area contributed by atoms with Gasteiger partial charge < -0.3 is 24.0 Å². The Hall–Kier alpha value is -3.22. The van der Waals surface area contributed by atoms with E-state index in [4.69, 9.17) is 14.2 Å². The topological polar surface area (TPSA) is 68.3 Å². The van der Waals surface area contributed by atoms with Crippen LogP contribution in [0.25, 0.3) is 0 Å². The quantitative estimate of drug-likeness (QED) is 0.754. The minimum Gasteiger partial charge on any atom is -0.497 e. The summed E-state index contributed by atoms with van der Waals surface area (Å²) in [6.45, 7) is 3.97. The van der Waals surface area contributed by atoms with E-state index in [1.807, 2.05) is 34.9 Å². The van der Waals surface area contributed by atoms with Crippen molar-refractivity contribution in [2.45, 2.75) is 19.4 Å². The van der Waals surface area contributed by atoms with Crippen LogP contribution in [0.1, 0.15) is 35.3 Å². The van der Waals surface area contributed by atoms with Gasteiger partial charge in [0, 0.05) is 49.2 Å². The van der Waals surface area contributed by atoms with E-state index in [9.17, 15) is 9.59 Å². The van der Waals surface area contributed by atoms with Gasteiger partial charge in [-0.15, -0.1) is 0 Å². The van der Waals surface area contributed by atoms with Gasteiger partial charge >= 0.3 is 0 Å². The number of ether oxygens (including phenoxy) is 3. The Morgan fingerprint density at radius 2 is 1.81 bits per heavy atom. The third kappa shape index (κ3) is 4.04. The molecule has 7 heteroatoms. The summed E-state index contributed by atoms with van der Waals surface area (Å²) in [4.78, 5) is 30.0. The molecular weight excluding hydrogens is 396 g/mol. The summed E-state index contributed by atoms with van der Waals surface area (Å²) in [5.74, 6) is 2.07. The number of amides is 2. The van der Waals surface area contributed by atoms with Gasteiger partial charge in [-0.1, -0.05) is 0 Å².